The van der Waals surface area contributed by atoms with E-state index in [-0.39, 0.29) is 0 Å². The summed E-state index contributed by atoms with van der Waals surface area (Å²) in [5.74, 6) is 0. The van der Waals surface area contributed by atoms with E-state index < -0.39 is 0 Å². The van der Waals surface area contributed by atoms with Crippen LogP contribution in [0.3, 0.4) is 0 Å². The quantitative estimate of drug-likeness (QED) is 0.827. The number of nitrogens with zero attached hydrogens (tertiary/aromatic N) is 1. The highest BCUT2D eigenvalue weighted by Crippen LogP contribution is 2.18. The molecule has 0 saturated heterocycles. The zero-order chi connectivity index (χ0) is 14.0. The lowest BCUT2D eigenvalue weighted by Gasteiger charge is -2.19. The fourth-order valence-corrected chi connectivity index (χ4v) is 3.83. The van der Waals surface area contributed by atoms with E-state index in [0.29, 0.717) is 0 Å². The van der Waals surface area contributed by atoms with E-state index in [1.165, 1.54) is 81.2 Å². The maximum absolute atomic E-state index is 4.34. The maximum Gasteiger partial charge on any atom is 0.0798 e. The second kappa shape index (κ2) is 9.51. The molecule has 0 spiro atoms. The number of aryl methyl sites for hydroxylation is 1. The molecule has 2 nitrogen and oxygen atoms in total. The molecule has 1 aliphatic carbocycles. The van der Waals surface area contributed by atoms with Crippen LogP contribution in [0.2, 0.25) is 0 Å². The molecule has 0 unspecified atom stereocenters. The monoisotopic (exact) mass is 294 g/mol. The minimum atomic E-state index is 0.718. The van der Waals surface area contributed by atoms with Crippen LogP contribution < -0.4 is 5.32 Å². The second-order valence-electron chi connectivity index (χ2n) is 6.20. The molecule has 2 rings (SSSR count). The highest BCUT2D eigenvalue weighted by atomic mass is 32.1. The van der Waals surface area contributed by atoms with Gasteiger partial charge in [0.1, 0.15) is 0 Å². The van der Waals surface area contributed by atoms with Crippen molar-refractivity contribution >= 4 is 11.3 Å². The van der Waals surface area contributed by atoms with Crippen molar-refractivity contribution in [2.75, 3.05) is 0 Å². The van der Waals surface area contributed by atoms with Gasteiger partial charge < -0.3 is 5.32 Å². The first-order valence-electron chi connectivity index (χ1n) is 8.48. The van der Waals surface area contributed by atoms with Gasteiger partial charge in [-0.25, -0.2) is 4.98 Å². The van der Waals surface area contributed by atoms with E-state index in [2.05, 4.69) is 17.2 Å². The molecule has 1 aromatic rings. The van der Waals surface area contributed by atoms with Crippen molar-refractivity contribution < 1.29 is 0 Å². The number of hydrogen-bond acceptors (Lipinski definition) is 3. The average Bonchev–Trinajstić information content (AvgIpc) is 2.84. The average molecular weight is 295 g/mol. The van der Waals surface area contributed by atoms with Crippen molar-refractivity contribution in [3.05, 3.63) is 16.1 Å². The van der Waals surface area contributed by atoms with Crippen molar-refractivity contribution in [1.82, 2.24) is 10.3 Å². The first-order valence-corrected chi connectivity index (χ1v) is 9.36. The van der Waals surface area contributed by atoms with Gasteiger partial charge in [-0.2, -0.15) is 0 Å². The summed E-state index contributed by atoms with van der Waals surface area (Å²) in [7, 11) is 0. The lowest BCUT2D eigenvalue weighted by atomic mass is 9.98. The summed E-state index contributed by atoms with van der Waals surface area (Å²) in [6.07, 6.45) is 15.6. The summed E-state index contributed by atoms with van der Waals surface area (Å²) in [6.45, 7) is 3.13. The lowest BCUT2D eigenvalue weighted by Crippen LogP contribution is -2.28. The van der Waals surface area contributed by atoms with Crippen molar-refractivity contribution in [3.8, 4) is 0 Å². The van der Waals surface area contributed by atoms with Crippen LogP contribution in [0.1, 0.15) is 81.2 Å². The molecule has 3 heteroatoms. The number of thiazole rings is 1. The van der Waals surface area contributed by atoms with Crippen LogP contribution in [-0.2, 0) is 6.54 Å². The fourth-order valence-electron chi connectivity index (χ4n) is 3.10. The molecule has 114 valence electrons. The van der Waals surface area contributed by atoms with E-state index in [0.717, 1.165) is 12.6 Å². The van der Waals surface area contributed by atoms with E-state index in [1.807, 2.05) is 5.51 Å². The zero-order valence-electron chi connectivity index (χ0n) is 13.0. The third-order valence-corrected chi connectivity index (χ3v) is 5.44. The van der Waals surface area contributed by atoms with Gasteiger partial charge in [0.2, 0.25) is 0 Å². The summed E-state index contributed by atoms with van der Waals surface area (Å²) in [4.78, 5) is 5.76. The molecule has 1 fully saturated rings. The summed E-state index contributed by atoms with van der Waals surface area (Å²) < 4.78 is 0. The van der Waals surface area contributed by atoms with Gasteiger partial charge in [0.15, 0.2) is 0 Å². The van der Waals surface area contributed by atoms with E-state index in [4.69, 9.17) is 0 Å². The van der Waals surface area contributed by atoms with Crippen LogP contribution in [0.25, 0.3) is 0 Å². The van der Waals surface area contributed by atoms with Crippen LogP contribution in [0, 0.1) is 6.92 Å². The Hall–Kier alpha value is -0.410. The number of aromatic nitrogens is 1. The molecule has 0 bridgehead atoms. The van der Waals surface area contributed by atoms with Crippen molar-refractivity contribution in [1.29, 1.82) is 0 Å². The Balaban J connectivity index is 1.75. The minimum Gasteiger partial charge on any atom is -0.309 e. The molecule has 0 radical (unpaired) electrons. The van der Waals surface area contributed by atoms with Gasteiger partial charge in [-0.05, 0) is 19.8 Å². The molecular weight excluding hydrogens is 264 g/mol. The van der Waals surface area contributed by atoms with Gasteiger partial charge in [-0.1, -0.05) is 57.8 Å². The maximum atomic E-state index is 4.34. The van der Waals surface area contributed by atoms with Crippen LogP contribution in [0.5, 0.6) is 0 Å². The highest BCUT2D eigenvalue weighted by molar-refractivity contribution is 7.09. The lowest BCUT2D eigenvalue weighted by molar-refractivity contribution is 0.404. The first-order chi connectivity index (χ1) is 9.86. The molecule has 0 atom stereocenters. The first kappa shape index (κ1) is 16.0. The molecule has 0 aliphatic heterocycles. The topological polar surface area (TPSA) is 24.9 Å². The molecular formula is C17H30N2S. The van der Waals surface area contributed by atoms with Gasteiger partial charge in [0.05, 0.1) is 11.2 Å². The molecule has 1 aromatic heterocycles. The van der Waals surface area contributed by atoms with Crippen molar-refractivity contribution in [2.45, 2.75) is 90.1 Å². The zero-order valence-corrected chi connectivity index (χ0v) is 13.8. The number of hydrogen-bond donors (Lipinski definition) is 1. The molecule has 20 heavy (non-hydrogen) atoms. The SMILES string of the molecule is Cc1ncsc1CNC1CCCCCCCCCCC1. The van der Waals surface area contributed by atoms with Crippen LogP contribution >= 0.6 is 11.3 Å². The largest absolute Gasteiger partial charge is 0.309 e. The minimum absolute atomic E-state index is 0.718. The third-order valence-electron chi connectivity index (χ3n) is 4.50. The Morgan fingerprint density at radius 2 is 1.55 bits per heavy atom. The van der Waals surface area contributed by atoms with Crippen molar-refractivity contribution in [2.24, 2.45) is 0 Å². The molecule has 0 amide bonds. The van der Waals surface area contributed by atoms with E-state index >= 15 is 0 Å². The predicted octanol–water partition coefficient (Wildman–Crippen LogP) is 5.21. The van der Waals surface area contributed by atoms with Gasteiger partial charge in [0.25, 0.3) is 0 Å². The molecule has 1 heterocycles. The van der Waals surface area contributed by atoms with Gasteiger partial charge in [0, 0.05) is 17.5 Å². The number of rotatable bonds is 3. The Bertz CT molecular complexity index is 350. The predicted molar refractivity (Wildman–Crippen MR) is 88.3 cm³/mol. The normalized spacial score (nSPS) is 20.2. The summed E-state index contributed by atoms with van der Waals surface area (Å²) >= 11 is 1.79. The summed E-state index contributed by atoms with van der Waals surface area (Å²) in [5.41, 5.74) is 3.17. The van der Waals surface area contributed by atoms with Gasteiger partial charge in [-0.3, -0.25) is 0 Å². The summed E-state index contributed by atoms with van der Waals surface area (Å²) in [6, 6.07) is 0.718. The highest BCUT2D eigenvalue weighted by Gasteiger charge is 2.10. The van der Waals surface area contributed by atoms with Crippen LogP contribution in [0.15, 0.2) is 5.51 Å². The third kappa shape index (κ3) is 5.92. The van der Waals surface area contributed by atoms with Crippen LogP contribution in [0.4, 0.5) is 0 Å². The Morgan fingerprint density at radius 3 is 2.05 bits per heavy atom. The standard InChI is InChI=1S/C17H30N2S/c1-15-17(20-14-19-15)13-18-16-11-9-7-5-3-2-4-6-8-10-12-16/h14,16,18H,2-13H2,1H3. The summed E-state index contributed by atoms with van der Waals surface area (Å²) in [5, 5.41) is 3.79. The Kier molecular flexibility index (Phi) is 7.60. The molecule has 1 N–H and O–H groups in total. The Labute approximate surface area is 128 Å². The molecule has 0 aromatic carbocycles. The van der Waals surface area contributed by atoms with Crippen molar-refractivity contribution in [3.63, 3.8) is 0 Å². The Morgan fingerprint density at radius 1 is 1.00 bits per heavy atom. The van der Waals surface area contributed by atoms with Gasteiger partial charge in [-0.15, -0.1) is 11.3 Å². The molecule has 1 aliphatic rings. The smallest absolute Gasteiger partial charge is 0.0798 e. The van der Waals surface area contributed by atoms with Crippen LogP contribution in [-0.4, -0.2) is 11.0 Å². The van der Waals surface area contributed by atoms with Gasteiger partial charge >= 0.3 is 0 Å². The second-order valence-corrected chi connectivity index (χ2v) is 7.14. The fraction of sp³-hybridized carbons (Fsp3) is 0.824. The number of nitrogens with one attached hydrogen (secondary N) is 1. The van der Waals surface area contributed by atoms with E-state index in [9.17, 15) is 0 Å². The molecule has 1 saturated carbocycles. The van der Waals surface area contributed by atoms with E-state index in [1.54, 1.807) is 11.3 Å².